The minimum atomic E-state index is -2.60. The molecule has 0 aromatic heterocycles. The highest BCUT2D eigenvalue weighted by atomic mass is 28.4. The third-order valence-electron chi connectivity index (χ3n) is 8.16. The smallest absolute Gasteiger partial charge is 0.374 e. The summed E-state index contributed by atoms with van der Waals surface area (Å²) in [6, 6.07) is 2.10. The van der Waals surface area contributed by atoms with Gasteiger partial charge in [0.15, 0.2) is 0 Å². The molecule has 0 spiro atoms. The van der Waals surface area contributed by atoms with Crippen molar-refractivity contribution in [1.82, 2.24) is 0 Å². The van der Waals surface area contributed by atoms with Crippen LogP contribution in [0.4, 0.5) is 0 Å². The van der Waals surface area contributed by atoms with Crippen LogP contribution in [0.1, 0.15) is 152 Å². The van der Waals surface area contributed by atoms with Crippen LogP contribution in [-0.2, 0) is 13.3 Å². The molecule has 0 aromatic carbocycles. The van der Waals surface area contributed by atoms with Gasteiger partial charge < -0.3 is 17.8 Å². The predicted octanol–water partition coefficient (Wildman–Crippen LogP) is 9.54. The maximum Gasteiger partial charge on any atom is 0.506 e. The molecule has 0 bridgehead atoms. The first kappa shape index (κ1) is 36.1. The standard InChI is InChI=1S/C31H68NO3Si/c1-9-13-14-15-16-17-18-19-20-21-22-23-24-25-26-27-32(30(5)6,31(7)8)28-29-36(33-10-2,34-11-3)35-12-4/h30-31H,9-29H2,1-8H3/q+1. The van der Waals surface area contributed by atoms with E-state index in [1.807, 2.05) is 0 Å². The van der Waals surface area contributed by atoms with E-state index in [4.69, 9.17) is 13.3 Å². The Kier molecular flexibility index (Phi) is 23.0. The highest BCUT2D eigenvalue weighted by Crippen LogP contribution is 2.27. The molecule has 0 saturated heterocycles. The first-order chi connectivity index (χ1) is 17.3. The Morgan fingerprint density at radius 1 is 0.472 bits per heavy atom. The second kappa shape index (κ2) is 23.0. The predicted molar refractivity (Wildman–Crippen MR) is 161 cm³/mol. The summed E-state index contributed by atoms with van der Waals surface area (Å²) < 4.78 is 19.7. The van der Waals surface area contributed by atoms with Crippen molar-refractivity contribution in [3.05, 3.63) is 0 Å². The van der Waals surface area contributed by atoms with Crippen molar-refractivity contribution in [2.75, 3.05) is 32.9 Å². The molecule has 0 N–H and O–H groups in total. The SMILES string of the molecule is CCCCCCCCCCCCCCCCC[N+](CC[Si](OCC)(OCC)OCC)(C(C)C)C(C)C. The van der Waals surface area contributed by atoms with Crippen LogP contribution >= 0.6 is 0 Å². The largest absolute Gasteiger partial charge is 0.506 e. The van der Waals surface area contributed by atoms with Gasteiger partial charge in [-0.25, -0.2) is 0 Å². The van der Waals surface area contributed by atoms with Gasteiger partial charge >= 0.3 is 8.80 Å². The van der Waals surface area contributed by atoms with Crippen molar-refractivity contribution < 1.29 is 17.8 Å². The summed E-state index contributed by atoms with van der Waals surface area (Å²) in [5, 5.41) is 0. The second-order valence-electron chi connectivity index (χ2n) is 11.4. The van der Waals surface area contributed by atoms with E-state index >= 15 is 0 Å². The van der Waals surface area contributed by atoms with Gasteiger partial charge in [-0.3, -0.25) is 0 Å². The van der Waals surface area contributed by atoms with Crippen molar-refractivity contribution in [2.45, 2.75) is 170 Å². The number of quaternary nitrogens is 1. The molecule has 0 aliphatic carbocycles. The van der Waals surface area contributed by atoms with E-state index in [1.54, 1.807) is 0 Å². The molecule has 4 nitrogen and oxygen atoms in total. The van der Waals surface area contributed by atoms with E-state index in [0.29, 0.717) is 31.9 Å². The first-order valence-electron chi connectivity index (χ1n) is 16.1. The van der Waals surface area contributed by atoms with Crippen LogP contribution in [0.3, 0.4) is 0 Å². The molecule has 5 heteroatoms. The molecule has 0 amide bonds. The summed E-state index contributed by atoms with van der Waals surface area (Å²) in [6.45, 7) is 22.4. The van der Waals surface area contributed by atoms with Crippen molar-refractivity contribution in [2.24, 2.45) is 0 Å². The van der Waals surface area contributed by atoms with Gasteiger partial charge in [0.25, 0.3) is 0 Å². The minimum Gasteiger partial charge on any atom is -0.374 e. The number of rotatable bonds is 27. The maximum absolute atomic E-state index is 6.18. The van der Waals surface area contributed by atoms with E-state index in [-0.39, 0.29) is 0 Å². The van der Waals surface area contributed by atoms with Crippen molar-refractivity contribution in [1.29, 1.82) is 0 Å². The monoisotopic (exact) mass is 530 g/mol. The molecule has 0 heterocycles. The maximum atomic E-state index is 6.18. The van der Waals surface area contributed by atoms with Gasteiger partial charge in [-0.2, -0.15) is 0 Å². The van der Waals surface area contributed by atoms with Crippen LogP contribution in [0.25, 0.3) is 0 Å². The first-order valence-corrected chi connectivity index (χ1v) is 18.1. The molecule has 0 rings (SSSR count). The Morgan fingerprint density at radius 2 is 0.806 bits per heavy atom. The fraction of sp³-hybridized carbons (Fsp3) is 1.00. The van der Waals surface area contributed by atoms with Crippen LogP contribution in [0.2, 0.25) is 6.04 Å². The number of unbranched alkanes of at least 4 members (excludes halogenated alkanes) is 14. The van der Waals surface area contributed by atoms with Crippen LogP contribution in [0.15, 0.2) is 0 Å². The van der Waals surface area contributed by atoms with E-state index in [2.05, 4.69) is 55.4 Å². The van der Waals surface area contributed by atoms with E-state index in [0.717, 1.165) is 17.1 Å². The fourth-order valence-electron chi connectivity index (χ4n) is 5.86. The molecule has 0 aliphatic heterocycles. The van der Waals surface area contributed by atoms with Gasteiger partial charge in [-0.05, 0) is 61.3 Å². The zero-order valence-electron chi connectivity index (χ0n) is 26.2. The lowest BCUT2D eigenvalue weighted by molar-refractivity contribution is -0.965. The summed E-state index contributed by atoms with van der Waals surface area (Å²) >= 11 is 0. The minimum absolute atomic E-state index is 0.591. The van der Waals surface area contributed by atoms with Crippen molar-refractivity contribution >= 4 is 8.80 Å². The third kappa shape index (κ3) is 15.5. The number of hydrogen-bond acceptors (Lipinski definition) is 3. The molecule has 218 valence electrons. The van der Waals surface area contributed by atoms with Crippen LogP contribution in [0, 0.1) is 0 Å². The van der Waals surface area contributed by atoms with Gasteiger partial charge in [-0.15, -0.1) is 0 Å². The quantitative estimate of drug-likeness (QED) is 0.0601. The molecule has 0 radical (unpaired) electrons. The number of nitrogens with zero attached hydrogens (tertiary/aromatic N) is 1. The molecule has 0 aromatic rings. The number of hydrogen-bond donors (Lipinski definition) is 0. The molecule has 0 aliphatic rings. The van der Waals surface area contributed by atoms with E-state index < -0.39 is 8.80 Å². The summed E-state index contributed by atoms with van der Waals surface area (Å²) in [4.78, 5) is 0. The van der Waals surface area contributed by atoms with Gasteiger partial charge in [0.1, 0.15) is 0 Å². The van der Waals surface area contributed by atoms with Gasteiger partial charge in [0.05, 0.1) is 31.2 Å². The molecule has 0 unspecified atom stereocenters. The van der Waals surface area contributed by atoms with E-state index in [9.17, 15) is 0 Å². The lowest BCUT2D eigenvalue weighted by Gasteiger charge is -2.47. The molecule has 0 atom stereocenters. The Hall–Kier alpha value is 0.0569. The summed E-state index contributed by atoms with van der Waals surface area (Å²) in [6.07, 6.45) is 21.3. The Morgan fingerprint density at radius 3 is 1.11 bits per heavy atom. The third-order valence-corrected chi connectivity index (χ3v) is 11.2. The Labute approximate surface area is 229 Å². The van der Waals surface area contributed by atoms with Gasteiger partial charge in [0.2, 0.25) is 0 Å². The van der Waals surface area contributed by atoms with Crippen LogP contribution in [0.5, 0.6) is 0 Å². The van der Waals surface area contributed by atoms with Crippen LogP contribution in [-0.4, -0.2) is 58.3 Å². The average molecular weight is 531 g/mol. The zero-order valence-corrected chi connectivity index (χ0v) is 27.2. The lowest BCUT2D eigenvalue weighted by Crippen LogP contribution is -2.61. The topological polar surface area (TPSA) is 27.7 Å². The molecule has 0 saturated carbocycles. The highest BCUT2D eigenvalue weighted by molar-refractivity contribution is 6.60. The van der Waals surface area contributed by atoms with Gasteiger partial charge in [-0.1, -0.05) is 90.4 Å². The zero-order chi connectivity index (χ0) is 27.1. The van der Waals surface area contributed by atoms with E-state index in [1.165, 1.54) is 103 Å². The summed E-state index contributed by atoms with van der Waals surface area (Å²) in [7, 11) is -2.60. The molecule has 36 heavy (non-hydrogen) atoms. The molecular weight excluding hydrogens is 462 g/mol. The van der Waals surface area contributed by atoms with Crippen molar-refractivity contribution in [3.63, 3.8) is 0 Å². The second-order valence-corrected chi connectivity index (χ2v) is 14.2. The Bertz CT molecular complexity index is 448. The Balaban J connectivity index is 4.36. The van der Waals surface area contributed by atoms with Gasteiger partial charge in [0, 0.05) is 19.8 Å². The van der Waals surface area contributed by atoms with Crippen LogP contribution < -0.4 is 0 Å². The average Bonchev–Trinajstić information content (AvgIpc) is 2.83. The van der Waals surface area contributed by atoms with Crippen molar-refractivity contribution in [3.8, 4) is 0 Å². The lowest BCUT2D eigenvalue weighted by atomic mass is 10.0. The summed E-state index contributed by atoms with van der Waals surface area (Å²) in [5.41, 5.74) is 0. The summed E-state index contributed by atoms with van der Waals surface area (Å²) in [5.74, 6) is 0. The fourth-order valence-corrected chi connectivity index (χ4v) is 8.56. The molecular formula is C31H68NO3Si+. The molecule has 0 fully saturated rings. The highest BCUT2D eigenvalue weighted by Gasteiger charge is 2.45. The normalized spacial score (nSPS) is 12.8.